The number of furan rings is 1. The number of benzene rings is 1. The van der Waals surface area contributed by atoms with Crippen LogP contribution in [0.4, 0.5) is 0 Å². The van der Waals surface area contributed by atoms with Gasteiger partial charge in [0.2, 0.25) is 0 Å². The fourth-order valence-electron chi connectivity index (χ4n) is 3.62. The van der Waals surface area contributed by atoms with Crippen LogP contribution >= 0.6 is 0 Å². The lowest BCUT2D eigenvalue weighted by Gasteiger charge is -2.28. The number of ether oxygens (including phenoxy) is 1. The van der Waals surface area contributed by atoms with Gasteiger partial charge in [0.05, 0.1) is 24.2 Å². The van der Waals surface area contributed by atoms with E-state index in [1.165, 1.54) is 6.26 Å². The van der Waals surface area contributed by atoms with Crippen LogP contribution < -0.4 is 0 Å². The zero-order valence-corrected chi connectivity index (χ0v) is 17.7. The summed E-state index contributed by atoms with van der Waals surface area (Å²) in [6.45, 7) is 4.05. The number of carbonyl (C=O) groups is 2. The normalized spacial score (nSPS) is 18.1. The smallest absolute Gasteiger partial charge is 0.310 e. The molecule has 1 aromatic carbocycles. The van der Waals surface area contributed by atoms with E-state index in [-0.39, 0.29) is 36.5 Å². The molecule has 1 aliphatic rings. The number of sulfone groups is 1. The van der Waals surface area contributed by atoms with Gasteiger partial charge in [-0.15, -0.1) is 0 Å². The molecule has 1 aromatic heterocycles. The monoisotopic (exact) mass is 421 g/mol. The molecule has 1 atom stereocenters. The number of fused-ring (bicyclic) bond motifs is 1. The summed E-state index contributed by atoms with van der Waals surface area (Å²) in [6.07, 6.45) is 3.64. The van der Waals surface area contributed by atoms with E-state index in [2.05, 4.69) is 0 Å². The molecular weight excluding hydrogens is 394 g/mol. The van der Waals surface area contributed by atoms with Gasteiger partial charge in [-0.25, -0.2) is 8.42 Å². The van der Waals surface area contributed by atoms with E-state index in [1.807, 2.05) is 32.0 Å². The lowest BCUT2D eigenvalue weighted by atomic mass is 10.1. The standard InChI is InChI=1S/C21H27NO6S/c1-3-4-8-22(17-7-9-29(25,26)14-17)20(23)13-28-21(24)11-16-12-27-19-10-15(2)5-6-18(16)19/h5-6,10,12,17H,3-4,7-9,11,13-14H2,1-2H3/t17-/m0/s1. The van der Waals surface area contributed by atoms with Crippen molar-refractivity contribution in [3.05, 3.63) is 35.6 Å². The number of hydrogen-bond acceptors (Lipinski definition) is 6. The molecule has 0 radical (unpaired) electrons. The largest absolute Gasteiger partial charge is 0.464 e. The van der Waals surface area contributed by atoms with Gasteiger partial charge < -0.3 is 14.1 Å². The van der Waals surface area contributed by atoms with Crippen LogP contribution in [0.25, 0.3) is 11.0 Å². The average Bonchev–Trinajstić information content (AvgIpc) is 3.22. The van der Waals surface area contributed by atoms with Crippen molar-refractivity contribution in [1.82, 2.24) is 4.90 Å². The summed E-state index contributed by atoms with van der Waals surface area (Å²) < 4.78 is 34.3. The molecule has 2 aromatic rings. The molecule has 0 spiro atoms. The quantitative estimate of drug-likeness (QED) is 0.608. The first-order valence-corrected chi connectivity index (χ1v) is 11.7. The Hall–Kier alpha value is -2.35. The van der Waals surface area contributed by atoms with Crippen molar-refractivity contribution >= 4 is 32.7 Å². The highest BCUT2D eigenvalue weighted by Crippen LogP contribution is 2.23. The average molecular weight is 422 g/mol. The first kappa shape index (κ1) is 21.4. The molecule has 29 heavy (non-hydrogen) atoms. The molecule has 0 unspecified atom stereocenters. The summed E-state index contributed by atoms with van der Waals surface area (Å²) in [5.41, 5.74) is 2.48. The molecule has 7 nitrogen and oxygen atoms in total. The highest BCUT2D eigenvalue weighted by Gasteiger charge is 2.34. The lowest BCUT2D eigenvalue weighted by Crippen LogP contribution is -2.44. The minimum atomic E-state index is -3.10. The summed E-state index contributed by atoms with van der Waals surface area (Å²) in [6, 6.07) is 5.40. The van der Waals surface area contributed by atoms with Gasteiger partial charge in [-0.05, 0) is 31.4 Å². The number of amides is 1. The Bertz CT molecular complexity index is 994. The minimum absolute atomic E-state index is 0.0100. The summed E-state index contributed by atoms with van der Waals surface area (Å²) >= 11 is 0. The zero-order valence-electron chi connectivity index (χ0n) is 16.8. The van der Waals surface area contributed by atoms with Crippen molar-refractivity contribution in [2.45, 2.75) is 45.6 Å². The number of unbranched alkanes of at least 4 members (excludes halogenated alkanes) is 1. The topological polar surface area (TPSA) is 93.9 Å². The van der Waals surface area contributed by atoms with Crippen LogP contribution in [0.2, 0.25) is 0 Å². The number of esters is 1. The fraction of sp³-hybridized carbons (Fsp3) is 0.524. The zero-order chi connectivity index (χ0) is 21.0. The molecule has 0 bridgehead atoms. The van der Waals surface area contributed by atoms with E-state index < -0.39 is 15.8 Å². The molecular formula is C21H27NO6S. The van der Waals surface area contributed by atoms with E-state index in [4.69, 9.17) is 9.15 Å². The van der Waals surface area contributed by atoms with E-state index in [1.54, 1.807) is 4.90 Å². The van der Waals surface area contributed by atoms with E-state index >= 15 is 0 Å². The van der Waals surface area contributed by atoms with Crippen LogP contribution in [0.5, 0.6) is 0 Å². The summed E-state index contributed by atoms with van der Waals surface area (Å²) in [7, 11) is -3.10. The third-order valence-corrected chi connectivity index (χ3v) is 6.98. The maximum Gasteiger partial charge on any atom is 0.310 e. The van der Waals surface area contributed by atoms with Crippen molar-refractivity contribution in [2.24, 2.45) is 0 Å². The Kier molecular flexibility index (Phi) is 6.62. The maximum atomic E-state index is 12.6. The molecule has 1 aliphatic heterocycles. The van der Waals surface area contributed by atoms with Crippen LogP contribution in [0.15, 0.2) is 28.9 Å². The minimum Gasteiger partial charge on any atom is -0.464 e. The fourth-order valence-corrected chi connectivity index (χ4v) is 5.35. The summed E-state index contributed by atoms with van der Waals surface area (Å²) in [5.74, 6) is -0.783. The van der Waals surface area contributed by atoms with Gasteiger partial charge in [0, 0.05) is 23.5 Å². The highest BCUT2D eigenvalue weighted by molar-refractivity contribution is 7.91. The molecule has 8 heteroatoms. The second kappa shape index (κ2) is 8.98. The molecule has 158 valence electrons. The Morgan fingerprint density at radius 1 is 1.31 bits per heavy atom. The van der Waals surface area contributed by atoms with Gasteiger partial charge in [0.25, 0.3) is 5.91 Å². The van der Waals surface area contributed by atoms with Crippen LogP contribution in [0, 0.1) is 6.92 Å². The summed E-state index contributed by atoms with van der Waals surface area (Å²) in [5, 5.41) is 0.847. The molecule has 0 N–H and O–H groups in total. The van der Waals surface area contributed by atoms with Gasteiger partial charge in [-0.3, -0.25) is 9.59 Å². The van der Waals surface area contributed by atoms with E-state index in [9.17, 15) is 18.0 Å². The third-order valence-electron chi connectivity index (χ3n) is 5.22. The lowest BCUT2D eigenvalue weighted by molar-refractivity contribution is -0.152. The Balaban J connectivity index is 1.59. The highest BCUT2D eigenvalue weighted by atomic mass is 32.2. The molecule has 2 heterocycles. The van der Waals surface area contributed by atoms with Crippen LogP contribution in [0.1, 0.15) is 37.3 Å². The van der Waals surface area contributed by atoms with Gasteiger partial charge in [0.15, 0.2) is 16.4 Å². The second-order valence-corrected chi connectivity index (χ2v) is 9.82. The molecule has 0 aliphatic carbocycles. The van der Waals surface area contributed by atoms with Crippen molar-refractivity contribution in [3.8, 4) is 0 Å². The first-order valence-electron chi connectivity index (χ1n) is 9.91. The van der Waals surface area contributed by atoms with Crippen molar-refractivity contribution in [2.75, 3.05) is 24.7 Å². The van der Waals surface area contributed by atoms with Crippen molar-refractivity contribution in [3.63, 3.8) is 0 Å². The SMILES string of the molecule is CCCCN(C(=O)COC(=O)Cc1coc2cc(C)ccc12)[C@H]1CCS(=O)(=O)C1. The molecule has 1 saturated heterocycles. The molecule has 0 saturated carbocycles. The summed E-state index contributed by atoms with van der Waals surface area (Å²) in [4.78, 5) is 26.5. The first-order chi connectivity index (χ1) is 13.8. The van der Waals surface area contributed by atoms with Gasteiger partial charge in [-0.2, -0.15) is 0 Å². The second-order valence-electron chi connectivity index (χ2n) is 7.60. The van der Waals surface area contributed by atoms with Crippen molar-refractivity contribution in [1.29, 1.82) is 0 Å². The third kappa shape index (κ3) is 5.38. The van der Waals surface area contributed by atoms with Gasteiger partial charge in [-0.1, -0.05) is 25.5 Å². The van der Waals surface area contributed by atoms with Gasteiger partial charge in [0.1, 0.15) is 5.58 Å². The maximum absolute atomic E-state index is 12.6. The van der Waals surface area contributed by atoms with Crippen LogP contribution in [0.3, 0.4) is 0 Å². The predicted octanol–water partition coefficient (Wildman–Crippen LogP) is 2.64. The number of nitrogens with zero attached hydrogens (tertiary/aromatic N) is 1. The Morgan fingerprint density at radius 3 is 2.79 bits per heavy atom. The number of hydrogen-bond donors (Lipinski definition) is 0. The Labute approximate surface area is 170 Å². The number of rotatable bonds is 8. The van der Waals surface area contributed by atoms with Gasteiger partial charge >= 0.3 is 5.97 Å². The van der Waals surface area contributed by atoms with Crippen LogP contribution in [-0.4, -0.2) is 55.9 Å². The van der Waals surface area contributed by atoms with Crippen LogP contribution in [-0.2, 0) is 30.6 Å². The number of aryl methyl sites for hydroxylation is 1. The molecule has 1 amide bonds. The Morgan fingerprint density at radius 2 is 2.10 bits per heavy atom. The molecule has 3 rings (SSSR count). The van der Waals surface area contributed by atoms with Crippen molar-refractivity contribution < 1.29 is 27.2 Å². The van der Waals surface area contributed by atoms with E-state index in [0.717, 1.165) is 23.8 Å². The molecule has 1 fully saturated rings. The predicted molar refractivity (Wildman–Crippen MR) is 109 cm³/mol. The number of carbonyl (C=O) groups excluding carboxylic acids is 2. The van der Waals surface area contributed by atoms with E-state index in [0.29, 0.717) is 24.1 Å².